The lowest BCUT2D eigenvalue weighted by molar-refractivity contribution is -0.142. The second-order valence-corrected chi connectivity index (χ2v) is 11.8. The largest absolute Gasteiger partial charge is 0.490 e. The van der Waals surface area contributed by atoms with E-state index in [9.17, 15) is 27.9 Å². The second kappa shape index (κ2) is 15.2. The lowest BCUT2D eigenvalue weighted by Crippen LogP contribution is -2.47. The highest BCUT2D eigenvalue weighted by Crippen LogP contribution is 2.31. The van der Waals surface area contributed by atoms with Gasteiger partial charge in [-0.1, -0.05) is 6.92 Å². The van der Waals surface area contributed by atoms with Crippen LogP contribution in [0, 0.1) is 11.8 Å². The van der Waals surface area contributed by atoms with E-state index in [1.807, 2.05) is 13.8 Å². The summed E-state index contributed by atoms with van der Waals surface area (Å²) in [6.07, 6.45) is -1.72. The average molecular weight is 586 g/mol. The molecule has 2 N–H and O–H groups in total. The number of nitrogens with one attached hydrogen (secondary N) is 1. The number of nitrogens with zero attached hydrogens (tertiary/aromatic N) is 2. The summed E-state index contributed by atoms with van der Waals surface area (Å²) in [7, 11) is 2.10. The van der Waals surface area contributed by atoms with Gasteiger partial charge in [0.2, 0.25) is 5.91 Å². The van der Waals surface area contributed by atoms with E-state index in [0.717, 1.165) is 38.3 Å². The molecule has 0 spiro atoms. The summed E-state index contributed by atoms with van der Waals surface area (Å²) >= 11 is 0. The van der Waals surface area contributed by atoms with E-state index in [2.05, 4.69) is 17.3 Å². The van der Waals surface area contributed by atoms with Gasteiger partial charge in [0.25, 0.3) is 5.91 Å². The van der Waals surface area contributed by atoms with Crippen LogP contribution in [0.1, 0.15) is 76.1 Å². The molecule has 1 aromatic carbocycles. The third-order valence-electron chi connectivity index (χ3n) is 7.73. The molecule has 4 atom stereocenters. The minimum atomic E-state index is -4.44. The number of aliphatic hydroxyl groups excluding tert-OH is 1. The number of halogens is 3. The zero-order valence-electron chi connectivity index (χ0n) is 24.7. The van der Waals surface area contributed by atoms with Crippen LogP contribution < -0.4 is 10.1 Å². The first kappa shape index (κ1) is 33.1. The third-order valence-corrected chi connectivity index (χ3v) is 7.73. The number of alkyl halides is 3. The quantitative estimate of drug-likeness (QED) is 0.419. The van der Waals surface area contributed by atoms with Gasteiger partial charge in [-0.15, -0.1) is 0 Å². The van der Waals surface area contributed by atoms with Crippen LogP contribution in [0.5, 0.6) is 5.75 Å². The van der Waals surface area contributed by atoms with Crippen LogP contribution in [0.3, 0.4) is 0 Å². The highest BCUT2D eigenvalue weighted by atomic mass is 19.4. The van der Waals surface area contributed by atoms with Crippen molar-refractivity contribution in [2.24, 2.45) is 11.8 Å². The monoisotopic (exact) mass is 585 g/mol. The predicted octanol–water partition coefficient (Wildman–Crippen LogP) is 5.10. The first-order valence-corrected chi connectivity index (χ1v) is 14.8. The molecular weight excluding hydrogens is 539 g/mol. The number of hydrogen-bond acceptors (Lipinski definition) is 6. The maximum atomic E-state index is 14.1. The minimum absolute atomic E-state index is 0.0499. The van der Waals surface area contributed by atoms with E-state index >= 15 is 0 Å². The molecule has 0 saturated heterocycles. The SMILES string of the molecule is C[C@@H]1CCCCO[C@H](CN(C)CC2CC2)[C@H](C)CN([C@@H](C)CO)C(=O)c2cc(NC(=O)CCC(F)(F)F)ccc2O1. The average Bonchev–Trinajstić information content (AvgIpc) is 3.72. The molecule has 1 aliphatic carbocycles. The molecule has 0 bridgehead atoms. The molecule has 8 nitrogen and oxygen atoms in total. The number of ether oxygens (including phenoxy) is 2. The molecule has 11 heteroatoms. The number of hydrogen-bond donors (Lipinski definition) is 2. The fourth-order valence-electron chi connectivity index (χ4n) is 5.06. The van der Waals surface area contributed by atoms with E-state index in [4.69, 9.17) is 9.47 Å². The van der Waals surface area contributed by atoms with Crippen molar-refractivity contribution in [3.8, 4) is 5.75 Å². The van der Waals surface area contributed by atoms with Crippen LogP contribution in [-0.2, 0) is 9.53 Å². The van der Waals surface area contributed by atoms with Crippen molar-refractivity contribution in [3.63, 3.8) is 0 Å². The first-order valence-electron chi connectivity index (χ1n) is 14.8. The Morgan fingerprint density at radius 2 is 1.93 bits per heavy atom. The van der Waals surface area contributed by atoms with Crippen LogP contribution in [0.2, 0.25) is 0 Å². The summed E-state index contributed by atoms with van der Waals surface area (Å²) < 4.78 is 50.3. The molecule has 0 unspecified atom stereocenters. The van der Waals surface area contributed by atoms with Gasteiger partial charge < -0.3 is 29.7 Å². The van der Waals surface area contributed by atoms with Gasteiger partial charge in [0.15, 0.2) is 0 Å². The lowest BCUT2D eigenvalue weighted by Gasteiger charge is -2.36. The lowest BCUT2D eigenvalue weighted by atomic mass is 10.0. The van der Waals surface area contributed by atoms with Crippen molar-refractivity contribution in [1.82, 2.24) is 9.80 Å². The van der Waals surface area contributed by atoms with Gasteiger partial charge in [0.05, 0.1) is 36.8 Å². The number of amides is 2. The Kier molecular flexibility index (Phi) is 12.3. The van der Waals surface area contributed by atoms with Crippen molar-refractivity contribution in [1.29, 1.82) is 0 Å². The molecule has 0 aromatic heterocycles. The third kappa shape index (κ3) is 11.1. The van der Waals surface area contributed by atoms with Crippen LogP contribution >= 0.6 is 0 Å². The summed E-state index contributed by atoms with van der Waals surface area (Å²) in [5.74, 6) is -0.176. The normalized spacial score (nSPS) is 23.9. The van der Waals surface area contributed by atoms with E-state index in [1.54, 1.807) is 17.9 Å². The number of fused-ring (bicyclic) bond motifs is 1. The topological polar surface area (TPSA) is 91.3 Å². The van der Waals surface area contributed by atoms with Gasteiger partial charge in [-0.05, 0) is 77.1 Å². The fraction of sp³-hybridized carbons (Fsp3) is 0.733. The molecule has 41 heavy (non-hydrogen) atoms. The molecule has 2 amide bonds. The molecule has 1 fully saturated rings. The van der Waals surface area contributed by atoms with E-state index < -0.39 is 36.9 Å². The number of anilines is 1. The molecule has 1 heterocycles. The molecule has 1 saturated carbocycles. The van der Waals surface area contributed by atoms with Crippen LogP contribution in [0.25, 0.3) is 0 Å². The summed E-state index contributed by atoms with van der Waals surface area (Å²) in [4.78, 5) is 30.2. The zero-order chi connectivity index (χ0) is 30.2. The van der Waals surface area contributed by atoms with Crippen LogP contribution in [-0.4, -0.2) is 91.0 Å². The molecule has 1 aromatic rings. The van der Waals surface area contributed by atoms with Gasteiger partial charge in [-0.3, -0.25) is 9.59 Å². The summed E-state index contributed by atoms with van der Waals surface area (Å²) in [5.41, 5.74) is 0.382. The molecule has 1 aliphatic heterocycles. The van der Waals surface area contributed by atoms with Crippen molar-refractivity contribution < 1.29 is 37.3 Å². The van der Waals surface area contributed by atoms with E-state index in [-0.39, 0.29) is 36.0 Å². The van der Waals surface area contributed by atoms with Crippen molar-refractivity contribution in [3.05, 3.63) is 23.8 Å². The van der Waals surface area contributed by atoms with Gasteiger partial charge >= 0.3 is 6.18 Å². The highest BCUT2D eigenvalue weighted by Gasteiger charge is 2.32. The van der Waals surface area contributed by atoms with Gasteiger partial charge in [0, 0.05) is 44.3 Å². The van der Waals surface area contributed by atoms with E-state index in [1.165, 1.54) is 25.0 Å². The number of likely N-dealkylation sites (N-methyl/N-ethyl adjacent to an activating group) is 1. The maximum absolute atomic E-state index is 14.1. The molecule has 0 radical (unpaired) electrons. The number of aliphatic hydroxyl groups is 1. The van der Waals surface area contributed by atoms with Gasteiger partial charge in [-0.25, -0.2) is 0 Å². The Balaban J connectivity index is 1.88. The second-order valence-electron chi connectivity index (χ2n) is 11.8. The number of carbonyl (C=O) groups excluding carboxylic acids is 2. The highest BCUT2D eigenvalue weighted by molar-refractivity contribution is 5.99. The summed E-state index contributed by atoms with van der Waals surface area (Å²) in [5, 5.41) is 12.5. The predicted molar refractivity (Wildman–Crippen MR) is 151 cm³/mol. The van der Waals surface area contributed by atoms with Gasteiger partial charge in [-0.2, -0.15) is 13.2 Å². The summed E-state index contributed by atoms with van der Waals surface area (Å²) in [6.45, 7) is 8.14. The van der Waals surface area contributed by atoms with E-state index in [0.29, 0.717) is 18.9 Å². The Morgan fingerprint density at radius 3 is 2.59 bits per heavy atom. The molecule has 3 rings (SSSR count). The standard InChI is InChI=1S/C30H46F3N3O5/c1-20-16-36(21(2)19-37)29(39)25-15-24(34-28(38)12-13-30(31,32)33)10-11-26(25)41-22(3)7-5-6-14-40-27(20)18-35(4)17-23-8-9-23/h10-11,15,20-23,27,37H,5-9,12-14,16-19H2,1-4H3,(H,34,38)/t20-,21+,22-,27-/m1/s1. The number of rotatable bonds is 9. The summed E-state index contributed by atoms with van der Waals surface area (Å²) in [6, 6.07) is 4.02. The molecular formula is C30H46F3N3O5. The zero-order valence-corrected chi connectivity index (χ0v) is 24.7. The smallest absolute Gasteiger partial charge is 0.389 e. The minimum Gasteiger partial charge on any atom is -0.490 e. The van der Waals surface area contributed by atoms with Crippen molar-refractivity contribution in [2.75, 3.05) is 45.2 Å². The molecule has 232 valence electrons. The Bertz CT molecular complexity index is 1000. The van der Waals surface area contributed by atoms with Crippen LogP contribution in [0.15, 0.2) is 18.2 Å². The van der Waals surface area contributed by atoms with Crippen molar-refractivity contribution >= 4 is 17.5 Å². The first-order chi connectivity index (χ1) is 19.4. The van der Waals surface area contributed by atoms with Crippen LogP contribution in [0.4, 0.5) is 18.9 Å². The van der Waals surface area contributed by atoms with Gasteiger partial charge in [0.1, 0.15) is 5.75 Å². The number of benzene rings is 1. The number of carbonyl (C=O) groups is 2. The fourth-order valence-corrected chi connectivity index (χ4v) is 5.06. The Labute approximate surface area is 241 Å². The maximum Gasteiger partial charge on any atom is 0.389 e. The Hall–Kier alpha value is -2.37. The van der Waals surface area contributed by atoms with Crippen molar-refractivity contribution in [2.45, 2.75) is 90.1 Å². The molecule has 2 aliphatic rings. The Morgan fingerprint density at radius 1 is 1.20 bits per heavy atom.